The van der Waals surface area contributed by atoms with Crippen LogP contribution in [-0.2, 0) is 0 Å². The first-order valence-electron chi connectivity index (χ1n) is 14.8. The van der Waals surface area contributed by atoms with Crippen molar-refractivity contribution in [3.63, 3.8) is 0 Å². The summed E-state index contributed by atoms with van der Waals surface area (Å²) in [5.74, 6) is 0. The SMILES string of the molecule is c1ccc(-c2cccc3oc4ccccc4c23)c(-c2c3ccccc3c(-c3ccc4ccccc4c3)c3ccccc23)c1. The van der Waals surface area contributed by atoms with E-state index in [1.807, 2.05) is 6.07 Å². The predicted molar refractivity (Wildman–Crippen MR) is 183 cm³/mol. The molecular formula is C42H26O. The van der Waals surface area contributed by atoms with Crippen LogP contribution >= 0.6 is 0 Å². The van der Waals surface area contributed by atoms with Crippen molar-refractivity contribution in [1.82, 2.24) is 0 Å². The minimum atomic E-state index is 0.912. The highest BCUT2D eigenvalue weighted by Gasteiger charge is 2.20. The molecule has 0 atom stereocenters. The van der Waals surface area contributed by atoms with Crippen molar-refractivity contribution in [2.75, 3.05) is 0 Å². The second-order valence-corrected chi connectivity index (χ2v) is 11.2. The first kappa shape index (κ1) is 24.0. The number of para-hydroxylation sites is 1. The Hall–Kier alpha value is -5.66. The van der Waals surface area contributed by atoms with Gasteiger partial charge in [0.25, 0.3) is 0 Å². The van der Waals surface area contributed by atoms with Crippen LogP contribution in [0.4, 0.5) is 0 Å². The van der Waals surface area contributed by atoms with E-state index in [2.05, 4.69) is 152 Å². The van der Waals surface area contributed by atoms with E-state index in [9.17, 15) is 0 Å². The van der Waals surface area contributed by atoms with Crippen molar-refractivity contribution in [3.8, 4) is 33.4 Å². The number of fused-ring (bicyclic) bond motifs is 6. The Labute approximate surface area is 249 Å². The van der Waals surface area contributed by atoms with Gasteiger partial charge in [-0.25, -0.2) is 0 Å². The van der Waals surface area contributed by atoms with Gasteiger partial charge >= 0.3 is 0 Å². The van der Waals surface area contributed by atoms with E-state index < -0.39 is 0 Å². The van der Waals surface area contributed by atoms with E-state index in [0.29, 0.717) is 0 Å². The third-order valence-corrected chi connectivity index (χ3v) is 8.86. The van der Waals surface area contributed by atoms with Crippen LogP contribution < -0.4 is 0 Å². The van der Waals surface area contributed by atoms with E-state index in [0.717, 1.165) is 21.9 Å². The third-order valence-electron chi connectivity index (χ3n) is 8.86. The predicted octanol–water partition coefficient (Wildman–Crippen LogP) is 12.0. The van der Waals surface area contributed by atoms with Crippen molar-refractivity contribution in [1.29, 1.82) is 0 Å². The molecule has 0 unspecified atom stereocenters. The fourth-order valence-electron chi connectivity index (χ4n) is 7.01. The topological polar surface area (TPSA) is 13.1 Å². The van der Waals surface area contributed by atoms with E-state index in [1.165, 1.54) is 65.7 Å². The minimum absolute atomic E-state index is 0.912. The molecule has 0 aliphatic carbocycles. The maximum Gasteiger partial charge on any atom is 0.136 e. The first-order chi connectivity index (χ1) is 21.3. The largest absolute Gasteiger partial charge is 0.456 e. The van der Waals surface area contributed by atoms with Crippen molar-refractivity contribution < 1.29 is 4.42 Å². The van der Waals surface area contributed by atoms with E-state index >= 15 is 0 Å². The molecule has 0 spiro atoms. The Morgan fingerprint density at radius 2 is 0.860 bits per heavy atom. The summed E-state index contributed by atoms with van der Waals surface area (Å²) in [5, 5.41) is 9.83. The van der Waals surface area contributed by atoms with Gasteiger partial charge in [0.2, 0.25) is 0 Å². The molecule has 9 rings (SSSR count). The maximum atomic E-state index is 6.30. The fourth-order valence-corrected chi connectivity index (χ4v) is 7.01. The van der Waals surface area contributed by atoms with Crippen LogP contribution in [-0.4, -0.2) is 0 Å². The lowest BCUT2D eigenvalue weighted by atomic mass is 9.83. The van der Waals surface area contributed by atoms with Gasteiger partial charge in [-0.3, -0.25) is 0 Å². The van der Waals surface area contributed by atoms with Gasteiger partial charge < -0.3 is 4.42 Å². The molecule has 200 valence electrons. The lowest BCUT2D eigenvalue weighted by molar-refractivity contribution is 0.669. The van der Waals surface area contributed by atoms with E-state index in [4.69, 9.17) is 4.42 Å². The molecule has 0 saturated heterocycles. The molecule has 8 aromatic carbocycles. The molecule has 0 fully saturated rings. The Balaban J connectivity index is 1.39. The van der Waals surface area contributed by atoms with Crippen LogP contribution in [0.5, 0.6) is 0 Å². The normalized spacial score (nSPS) is 11.7. The number of rotatable bonds is 3. The van der Waals surface area contributed by atoms with Crippen molar-refractivity contribution in [3.05, 3.63) is 158 Å². The van der Waals surface area contributed by atoms with Crippen LogP contribution in [0.25, 0.3) is 87.6 Å². The quantitative estimate of drug-likeness (QED) is 0.201. The molecule has 0 aliphatic heterocycles. The van der Waals surface area contributed by atoms with Crippen LogP contribution in [0.1, 0.15) is 0 Å². The summed E-state index contributed by atoms with van der Waals surface area (Å²) in [7, 11) is 0. The highest BCUT2D eigenvalue weighted by molar-refractivity contribution is 6.23. The maximum absolute atomic E-state index is 6.30. The van der Waals surface area contributed by atoms with Crippen molar-refractivity contribution >= 4 is 54.3 Å². The summed E-state index contributed by atoms with van der Waals surface area (Å²) < 4.78 is 6.30. The number of hydrogen-bond donors (Lipinski definition) is 0. The zero-order valence-corrected chi connectivity index (χ0v) is 23.4. The highest BCUT2D eigenvalue weighted by atomic mass is 16.3. The van der Waals surface area contributed by atoms with Gasteiger partial charge in [-0.2, -0.15) is 0 Å². The second kappa shape index (κ2) is 9.44. The van der Waals surface area contributed by atoms with Gasteiger partial charge in [0.15, 0.2) is 0 Å². The Bertz CT molecular complexity index is 2460. The molecular weight excluding hydrogens is 520 g/mol. The summed E-state index contributed by atoms with van der Waals surface area (Å²) in [6.07, 6.45) is 0. The molecule has 0 bridgehead atoms. The Morgan fingerprint density at radius 1 is 0.326 bits per heavy atom. The monoisotopic (exact) mass is 546 g/mol. The van der Waals surface area contributed by atoms with Gasteiger partial charge in [-0.1, -0.05) is 140 Å². The van der Waals surface area contributed by atoms with E-state index in [1.54, 1.807) is 0 Å². The fraction of sp³-hybridized carbons (Fsp3) is 0. The van der Waals surface area contributed by atoms with Gasteiger partial charge in [0, 0.05) is 10.8 Å². The average Bonchev–Trinajstić information content (AvgIpc) is 3.46. The molecule has 0 radical (unpaired) electrons. The Kier molecular flexibility index (Phi) is 5.27. The first-order valence-corrected chi connectivity index (χ1v) is 14.8. The van der Waals surface area contributed by atoms with Crippen LogP contribution in [0, 0.1) is 0 Å². The van der Waals surface area contributed by atoms with Gasteiger partial charge in [0.05, 0.1) is 0 Å². The van der Waals surface area contributed by atoms with Gasteiger partial charge in [0.1, 0.15) is 11.2 Å². The molecule has 0 aliphatic rings. The summed E-state index contributed by atoms with van der Waals surface area (Å²) in [6.45, 7) is 0. The second-order valence-electron chi connectivity index (χ2n) is 11.2. The van der Waals surface area contributed by atoms with E-state index in [-0.39, 0.29) is 0 Å². The molecule has 0 N–H and O–H groups in total. The molecule has 0 saturated carbocycles. The van der Waals surface area contributed by atoms with Gasteiger partial charge in [-0.15, -0.1) is 0 Å². The average molecular weight is 547 g/mol. The van der Waals surface area contributed by atoms with Gasteiger partial charge in [-0.05, 0) is 83.9 Å². The van der Waals surface area contributed by atoms with Crippen LogP contribution in [0.15, 0.2) is 162 Å². The van der Waals surface area contributed by atoms with Crippen molar-refractivity contribution in [2.24, 2.45) is 0 Å². The van der Waals surface area contributed by atoms with Crippen LogP contribution in [0.2, 0.25) is 0 Å². The summed E-state index contributed by atoms with van der Waals surface area (Å²) in [4.78, 5) is 0. The summed E-state index contributed by atoms with van der Waals surface area (Å²) in [5.41, 5.74) is 9.21. The highest BCUT2D eigenvalue weighted by Crippen LogP contribution is 2.47. The lowest BCUT2D eigenvalue weighted by Crippen LogP contribution is -1.93. The number of furan rings is 1. The molecule has 1 heterocycles. The summed E-state index contributed by atoms with van der Waals surface area (Å²) >= 11 is 0. The molecule has 0 amide bonds. The lowest BCUT2D eigenvalue weighted by Gasteiger charge is -2.20. The standard InChI is InChI=1S/C42H26O/c1-2-13-28-26-29(25-24-27(28)12-1)40-33-16-5-7-18-35(33)41(36-19-8-6-17-34(36)40)31-15-4-3-14-30(31)32-21-11-23-39-42(32)37-20-9-10-22-38(37)43-39/h1-26H. The minimum Gasteiger partial charge on any atom is -0.456 e. The zero-order valence-electron chi connectivity index (χ0n) is 23.4. The third kappa shape index (κ3) is 3.65. The number of hydrogen-bond acceptors (Lipinski definition) is 1. The zero-order chi connectivity index (χ0) is 28.3. The molecule has 43 heavy (non-hydrogen) atoms. The molecule has 1 aromatic heterocycles. The summed E-state index contributed by atoms with van der Waals surface area (Å²) in [6, 6.07) is 56.8. The Morgan fingerprint density at radius 3 is 1.60 bits per heavy atom. The molecule has 9 aromatic rings. The number of benzene rings is 8. The van der Waals surface area contributed by atoms with Crippen LogP contribution in [0.3, 0.4) is 0 Å². The smallest absolute Gasteiger partial charge is 0.136 e. The van der Waals surface area contributed by atoms with Crippen molar-refractivity contribution in [2.45, 2.75) is 0 Å². The molecule has 1 heteroatoms. The molecule has 1 nitrogen and oxygen atoms in total.